The number of carbonyl (C=O) groups excluding carboxylic acids is 1. The molecule has 1 unspecified atom stereocenters. The second-order valence-corrected chi connectivity index (χ2v) is 12.1. The molecule has 2 N–H and O–H groups in total. The third-order valence-corrected chi connectivity index (χ3v) is 9.50. The van der Waals surface area contributed by atoms with E-state index in [1.165, 1.54) is 0 Å². The first kappa shape index (κ1) is 22.3. The van der Waals surface area contributed by atoms with Gasteiger partial charge in [-0.1, -0.05) is 19.0 Å². The fraction of sp³-hybridized carbons (Fsp3) is 0.818. The van der Waals surface area contributed by atoms with Crippen LogP contribution < -0.4 is 10.6 Å². The Morgan fingerprint density at radius 1 is 1.06 bits per heavy atom. The summed E-state index contributed by atoms with van der Waals surface area (Å²) in [5, 5.41) is 10.5. The van der Waals surface area contributed by atoms with Crippen LogP contribution in [-0.2, 0) is 10.2 Å². The first-order valence-electron chi connectivity index (χ1n) is 12.1. The summed E-state index contributed by atoms with van der Waals surface area (Å²) in [5.41, 5.74) is 0.326. The first-order valence-corrected chi connectivity index (χ1v) is 13.5. The molecule has 5 rings (SSSR count). The number of hydrogen-bond donors (Lipinski definition) is 2. The van der Waals surface area contributed by atoms with E-state index in [1.807, 2.05) is 0 Å². The van der Waals surface area contributed by atoms with Crippen molar-refractivity contribution in [3.8, 4) is 0 Å². The summed E-state index contributed by atoms with van der Waals surface area (Å²) in [4.78, 5) is 12.7. The fourth-order valence-electron chi connectivity index (χ4n) is 5.70. The lowest BCUT2D eigenvalue weighted by Gasteiger charge is -2.42. The number of rotatable bonds is 7. The maximum absolute atomic E-state index is 13.5. The number of piperidine rings is 2. The van der Waals surface area contributed by atoms with Gasteiger partial charge in [0.2, 0.25) is 0 Å². The number of aromatic nitrogens is 1. The predicted octanol–water partition coefficient (Wildman–Crippen LogP) is 1.98. The van der Waals surface area contributed by atoms with Gasteiger partial charge in [-0.3, -0.25) is 4.79 Å². The number of carbonyl (C=O) groups is 1. The van der Waals surface area contributed by atoms with E-state index in [4.69, 9.17) is 4.52 Å². The van der Waals surface area contributed by atoms with Gasteiger partial charge >= 0.3 is 0 Å². The number of nitrogens with one attached hydrogen (secondary N) is 2. The van der Waals surface area contributed by atoms with Crippen LogP contribution in [0.2, 0.25) is 0 Å². The van der Waals surface area contributed by atoms with E-state index in [2.05, 4.69) is 29.6 Å². The minimum atomic E-state index is -3.48. The molecule has 2 bridgehead atoms. The molecule has 9 nitrogen and oxygen atoms in total. The molecule has 1 aromatic rings. The monoisotopic (exact) mass is 465 g/mol. The van der Waals surface area contributed by atoms with Crippen LogP contribution in [0.4, 0.5) is 0 Å². The van der Waals surface area contributed by atoms with Gasteiger partial charge in [0.25, 0.3) is 16.1 Å². The molecular weight excluding hydrogens is 430 g/mol. The summed E-state index contributed by atoms with van der Waals surface area (Å²) in [5.74, 6) is 0.990. The Morgan fingerprint density at radius 3 is 2.31 bits per heavy atom. The van der Waals surface area contributed by atoms with Gasteiger partial charge in [0.05, 0.1) is 0 Å². The minimum absolute atomic E-state index is 0.0338. The Bertz CT molecular complexity index is 922. The SMILES string of the molecule is CC(C)NC1CCN(S(=O)(=O)N2[C@@H]3CC[C@H]2CC(NC(=O)c2cc(C4CC4)on2)C3)CC1. The summed E-state index contributed by atoms with van der Waals surface area (Å²) >= 11 is 0. The molecule has 1 saturated carbocycles. The van der Waals surface area contributed by atoms with Crippen LogP contribution in [0.1, 0.15) is 87.4 Å². The molecule has 0 aromatic carbocycles. The standard InChI is InChI=1S/C22H35N5O4S/c1-14(2)23-16-7-9-26(10-8-16)32(29,30)27-18-5-6-19(27)12-17(11-18)24-22(28)20-13-21(31-25-20)15-3-4-15/h13-19,23H,3-12H2,1-2H3,(H,24,28)/t17?,18-,19+. The molecule has 1 aromatic heterocycles. The highest BCUT2D eigenvalue weighted by atomic mass is 32.2. The highest BCUT2D eigenvalue weighted by molar-refractivity contribution is 7.86. The Labute approximate surface area is 190 Å². The van der Waals surface area contributed by atoms with Crippen LogP contribution in [0, 0.1) is 0 Å². The molecule has 178 valence electrons. The molecule has 3 atom stereocenters. The lowest BCUT2D eigenvalue weighted by atomic mass is 9.99. The maximum Gasteiger partial charge on any atom is 0.282 e. The molecule has 3 saturated heterocycles. The van der Waals surface area contributed by atoms with Gasteiger partial charge in [0, 0.05) is 55.3 Å². The van der Waals surface area contributed by atoms with Gasteiger partial charge in [-0.25, -0.2) is 0 Å². The van der Waals surface area contributed by atoms with Crippen molar-refractivity contribution < 1.29 is 17.7 Å². The van der Waals surface area contributed by atoms with Crippen LogP contribution in [-0.4, -0.2) is 71.4 Å². The zero-order valence-electron chi connectivity index (χ0n) is 19.0. The van der Waals surface area contributed by atoms with E-state index >= 15 is 0 Å². The highest BCUT2D eigenvalue weighted by Gasteiger charge is 2.49. The maximum atomic E-state index is 13.5. The largest absolute Gasteiger partial charge is 0.360 e. The van der Waals surface area contributed by atoms with Crippen molar-refractivity contribution in [1.29, 1.82) is 0 Å². The number of hydrogen-bond acceptors (Lipinski definition) is 6. The molecule has 4 heterocycles. The lowest BCUT2D eigenvalue weighted by molar-refractivity contribution is 0.0897. The van der Waals surface area contributed by atoms with E-state index < -0.39 is 10.2 Å². The van der Waals surface area contributed by atoms with Crippen molar-refractivity contribution in [2.45, 2.75) is 101 Å². The molecular formula is C22H35N5O4S. The van der Waals surface area contributed by atoms with Crippen molar-refractivity contribution in [1.82, 2.24) is 24.4 Å². The topological polar surface area (TPSA) is 108 Å². The van der Waals surface area contributed by atoms with Gasteiger partial charge in [-0.15, -0.1) is 0 Å². The quantitative estimate of drug-likeness (QED) is 0.638. The van der Waals surface area contributed by atoms with Crippen molar-refractivity contribution in [2.75, 3.05) is 13.1 Å². The molecule has 4 aliphatic rings. The summed E-state index contributed by atoms with van der Waals surface area (Å²) in [7, 11) is -3.48. The Morgan fingerprint density at radius 2 is 1.72 bits per heavy atom. The van der Waals surface area contributed by atoms with E-state index in [0.717, 1.165) is 44.3 Å². The van der Waals surface area contributed by atoms with Gasteiger partial charge in [0.15, 0.2) is 5.69 Å². The van der Waals surface area contributed by atoms with Gasteiger partial charge in [-0.2, -0.15) is 17.0 Å². The molecule has 0 spiro atoms. The Kier molecular flexibility index (Phi) is 6.06. The molecule has 32 heavy (non-hydrogen) atoms. The Balaban J connectivity index is 1.19. The predicted molar refractivity (Wildman–Crippen MR) is 119 cm³/mol. The van der Waals surface area contributed by atoms with Crippen molar-refractivity contribution >= 4 is 16.1 Å². The van der Waals surface area contributed by atoms with Crippen LogP contribution >= 0.6 is 0 Å². The summed E-state index contributed by atoms with van der Waals surface area (Å²) in [6.07, 6.45) is 6.91. The molecule has 4 fully saturated rings. The van der Waals surface area contributed by atoms with E-state index in [-0.39, 0.29) is 24.0 Å². The fourth-order valence-corrected chi connectivity index (χ4v) is 7.78. The van der Waals surface area contributed by atoms with Gasteiger partial charge < -0.3 is 15.2 Å². The van der Waals surface area contributed by atoms with Crippen molar-refractivity contribution in [3.05, 3.63) is 17.5 Å². The minimum Gasteiger partial charge on any atom is -0.360 e. The number of amides is 1. The molecule has 3 aliphatic heterocycles. The molecule has 0 radical (unpaired) electrons. The molecule has 10 heteroatoms. The van der Waals surface area contributed by atoms with Crippen molar-refractivity contribution in [2.24, 2.45) is 0 Å². The lowest BCUT2D eigenvalue weighted by Crippen LogP contribution is -2.57. The van der Waals surface area contributed by atoms with Crippen LogP contribution in [0.15, 0.2) is 10.6 Å². The van der Waals surface area contributed by atoms with E-state index in [0.29, 0.717) is 49.6 Å². The third kappa shape index (κ3) is 4.47. The highest BCUT2D eigenvalue weighted by Crippen LogP contribution is 2.41. The Hall–Kier alpha value is -1.49. The van der Waals surface area contributed by atoms with Crippen LogP contribution in [0.5, 0.6) is 0 Å². The summed E-state index contributed by atoms with van der Waals surface area (Å²) in [6, 6.07) is 2.42. The summed E-state index contributed by atoms with van der Waals surface area (Å²) < 4.78 is 35.7. The average Bonchev–Trinajstić information content (AvgIpc) is 3.40. The first-order chi connectivity index (χ1) is 15.3. The third-order valence-electron chi connectivity index (χ3n) is 7.36. The summed E-state index contributed by atoms with van der Waals surface area (Å²) in [6.45, 7) is 5.38. The number of nitrogens with zero attached hydrogens (tertiary/aromatic N) is 3. The van der Waals surface area contributed by atoms with Gasteiger partial charge in [0.1, 0.15) is 5.76 Å². The average molecular weight is 466 g/mol. The smallest absolute Gasteiger partial charge is 0.282 e. The van der Waals surface area contributed by atoms with Crippen molar-refractivity contribution in [3.63, 3.8) is 0 Å². The zero-order chi connectivity index (χ0) is 22.5. The zero-order valence-corrected chi connectivity index (χ0v) is 19.8. The van der Waals surface area contributed by atoms with E-state index in [9.17, 15) is 13.2 Å². The van der Waals surface area contributed by atoms with Gasteiger partial charge in [-0.05, 0) is 51.4 Å². The number of fused-ring (bicyclic) bond motifs is 2. The molecule has 1 aliphatic carbocycles. The second-order valence-electron chi connectivity index (χ2n) is 10.2. The van der Waals surface area contributed by atoms with E-state index in [1.54, 1.807) is 14.7 Å². The van der Waals surface area contributed by atoms with Crippen LogP contribution in [0.3, 0.4) is 0 Å². The molecule has 1 amide bonds. The van der Waals surface area contributed by atoms with Crippen LogP contribution in [0.25, 0.3) is 0 Å². The second kappa shape index (κ2) is 8.70. The normalized spacial score (nSPS) is 30.2.